The number of nitrogens with one attached hydrogen (secondary N) is 1. The van der Waals surface area contributed by atoms with Crippen LogP contribution in [0.4, 0.5) is 11.4 Å². The van der Waals surface area contributed by atoms with E-state index in [2.05, 4.69) is 5.32 Å². The highest BCUT2D eigenvalue weighted by Crippen LogP contribution is 2.37. The van der Waals surface area contributed by atoms with Gasteiger partial charge in [-0.2, -0.15) is 0 Å². The van der Waals surface area contributed by atoms with Crippen LogP contribution in [0.25, 0.3) is 6.08 Å². The molecule has 3 aromatic rings. The summed E-state index contributed by atoms with van der Waals surface area (Å²) < 4.78 is 11.6. The van der Waals surface area contributed by atoms with E-state index in [9.17, 15) is 9.59 Å². The SMILES string of the molecule is COc1cc(/C=C2/SC(=S)N(c3ccc(C)cc3)C2=O)ccc1OCC(=O)Nc1ccccc1. The number of aryl methyl sites for hydroxylation is 1. The van der Waals surface area contributed by atoms with Crippen LogP contribution in [-0.4, -0.2) is 29.9 Å². The highest BCUT2D eigenvalue weighted by Gasteiger charge is 2.33. The molecule has 3 aromatic carbocycles. The van der Waals surface area contributed by atoms with E-state index in [0.29, 0.717) is 26.4 Å². The summed E-state index contributed by atoms with van der Waals surface area (Å²) in [5.41, 5.74) is 3.30. The van der Waals surface area contributed by atoms with Gasteiger partial charge in [0, 0.05) is 5.69 Å². The number of nitrogens with zero attached hydrogens (tertiary/aromatic N) is 1. The van der Waals surface area contributed by atoms with Gasteiger partial charge in [-0.1, -0.05) is 65.9 Å². The lowest BCUT2D eigenvalue weighted by atomic mass is 10.1. The van der Waals surface area contributed by atoms with Gasteiger partial charge in [-0.25, -0.2) is 0 Å². The molecule has 0 spiro atoms. The van der Waals surface area contributed by atoms with Crippen molar-refractivity contribution in [3.63, 3.8) is 0 Å². The van der Waals surface area contributed by atoms with E-state index in [1.54, 1.807) is 36.4 Å². The molecule has 0 saturated carbocycles. The van der Waals surface area contributed by atoms with Crippen LogP contribution in [0.5, 0.6) is 11.5 Å². The van der Waals surface area contributed by atoms with Gasteiger partial charge in [0.05, 0.1) is 17.7 Å². The van der Waals surface area contributed by atoms with E-state index in [1.165, 1.54) is 23.8 Å². The van der Waals surface area contributed by atoms with Crippen molar-refractivity contribution in [2.75, 3.05) is 23.9 Å². The third-order valence-electron chi connectivity index (χ3n) is 4.99. The second-order valence-electron chi connectivity index (χ2n) is 7.47. The number of amides is 2. The van der Waals surface area contributed by atoms with E-state index in [-0.39, 0.29) is 18.4 Å². The lowest BCUT2D eigenvalue weighted by Crippen LogP contribution is -2.27. The number of thioether (sulfide) groups is 1. The van der Waals surface area contributed by atoms with Crippen LogP contribution in [0, 0.1) is 6.92 Å². The number of ether oxygens (including phenoxy) is 2. The molecular formula is C26H22N2O4S2. The molecule has 1 heterocycles. The Bertz CT molecular complexity index is 1260. The summed E-state index contributed by atoms with van der Waals surface area (Å²) in [5, 5.41) is 2.77. The molecule has 0 atom stereocenters. The molecule has 0 bridgehead atoms. The van der Waals surface area contributed by atoms with Crippen LogP contribution < -0.4 is 19.7 Å². The average molecular weight is 491 g/mol. The van der Waals surface area contributed by atoms with Gasteiger partial charge in [0.25, 0.3) is 11.8 Å². The summed E-state index contributed by atoms with van der Waals surface area (Å²) in [5.74, 6) is 0.429. The van der Waals surface area contributed by atoms with Crippen molar-refractivity contribution in [1.29, 1.82) is 0 Å². The lowest BCUT2D eigenvalue weighted by Gasteiger charge is -2.14. The fourth-order valence-electron chi connectivity index (χ4n) is 3.29. The van der Waals surface area contributed by atoms with Crippen LogP contribution >= 0.6 is 24.0 Å². The van der Waals surface area contributed by atoms with Crippen molar-refractivity contribution < 1.29 is 19.1 Å². The average Bonchev–Trinajstić information content (AvgIpc) is 3.12. The predicted molar refractivity (Wildman–Crippen MR) is 140 cm³/mol. The molecule has 1 fully saturated rings. The van der Waals surface area contributed by atoms with Crippen LogP contribution in [0.15, 0.2) is 77.7 Å². The molecule has 4 rings (SSSR count). The fraction of sp³-hybridized carbons (Fsp3) is 0.115. The van der Waals surface area contributed by atoms with E-state index in [1.807, 2.05) is 49.4 Å². The Hall–Kier alpha value is -3.62. The van der Waals surface area contributed by atoms with Crippen LogP contribution in [0.1, 0.15) is 11.1 Å². The molecule has 0 unspecified atom stereocenters. The van der Waals surface area contributed by atoms with Gasteiger partial charge < -0.3 is 14.8 Å². The minimum absolute atomic E-state index is 0.167. The highest BCUT2D eigenvalue weighted by molar-refractivity contribution is 8.27. The zero-order chi connectivity index (χ0) is 24.1. The van der Waals surface area contributed by atoms with Gasteiger partial charge >= 0.3 is 0 Å². The molecule has 2 amide bonds. The Morgan fingerprint density at radius 2 is 1.79 bits per heavy atom. The van der Waals surface area contributed by atoms with Crippen molar-refractivity contribution in [2.45, 2.75) is 6.92 Å². The first kappa shape index (κ1) is 23.5. The summed E-state index contributed by atoms with van der Waals surface area (Å²) in [7, 11) is 1.52. The van der Waals surface area contributed by atoms with Gasteiger partial charge in [0.1, 0.15) is 0 Å². The summed E-state index contributed by atoms with van der Waals surface area (Å²) in [6.45, 7) is 1.82. The Balaban J connectivity index is 1.45. The molecular weight excluding hydrogens is 468 g/mol. The number of carbonyl (C=O) groups excluding carboxylic acids is 2. The number of methoxy groups -OCH3 is 1. The number of hydrogen-bond acceptors (Lipinski definition) is 6. The largest absolute Gasteiger partial charge is 0.493 e. The fourth-order valence-corrected chi connectivity index (χ4v) is 4.59. The van der Waals surface area contributed by atoms with Gasteiger partial charge in [-0.05, 0) is 55.0 Å². The van der Waals surface area contributed by atoms with E-state index >= 15 is 0 Å². The van der Waals surface area contributed by atoms with Crippen LogP contribution in [0.2, 0.25) is 0 Å². The smallest absolute Gasteiger partial charge is 0.270 e. The lowest BCUT2D eigenvalue weighted by molar-refractivity contribution is -0.118. The molecule has 172 valence electrons. The maximum absolute atomic E-state index is 13.0. The van der Waals surface area contributed by atoms with E-state index in [4.69, 9.17) is 21.7 Å². The number of rotatable bonds is 7. The first-order valence-corrected chi connectivity index (χ1v) is 11.7. The number of thiocarbonyl (C=S) groups is 1. The predicted octanol–water partition coefficient (Wildman–Crippen LogP) is 5.43. The molecule has 6 nitrogen and oxygen atoms in total. The topological polar surface area (TPSA) is 67.9 Å². The Morgan fingerprint density at radius 1 is 1.06 bits per heavy atom. The first-order chi connectivity index (χ1) is 16.4. The normalized spacial score (nSPS) is 14.4. The molecule has 0 aromatic heterocycles. The molecule has 0 radical (unpaired) electrons. The van der Waals surface area contributed by atoms with E-state index < -0.39 is 0 Å². The van der Waals surface area contributed by atoms with Crippen LogP contribution in [-0.2, 0) is 9.59 Å². The zero-order valence-corrected chi connectivity index (χ0v) is 20.2. The van der Waals surface area contributed by atoms with Crippen molar-refractivity contribution in [3.05, 3.63) is 88.8 Å². The second kappa shape index (κ2) is 10.5. The third kappa shape index (κ3) is 5.47. The minimum atomic E-state index is -0.280. The molecule has 1 aliphatic heterocycles. The molecule has 8 heteroatoms. The van der Waals surface area contributed by atoms with Crippen molar-refractivity contribution >= 4 is 57.6 Å². The number of carbonyl (C=O) groups is 2. The summed E-state index contributed by atoms with van der Waals surface area (Å²) in [6.07, 6.45) is 1.77. The highest BCUT2D eigenvalue weighted by atomic mass is 32.2. The molecule has 1 aliphatic rings. The summed E-state index contributed by atoms with van der Waals surface area (Å²) in [6, 6.07) is 22.1. The van der Waals surface area contributed by atoms with E-state index in [0.717, 1.165) is 16.8 Å². The summed E-state index contributed by atoms with van der Waals surface area (Å²) >= 11 is 6.70. The molecule has 1 saturated heterocycles. The standard InChI is InChI=1S/C26H22N2O4S2/c1-17-8-11-20(12-9-17)28-25(30)23(34-26(28)33)15-18-10-13-21(22(14-18)31-2)32-16-24(29)27-19-6-4-3-5-7-19/h3-15H,16H2,1-2H3,(H,27,29)/b23-15+. The molecule has 34 heavy (non-hydrogen) atoms. The van der Waals surface area contributed by atoms with Crippen LogP contribution in [0.3, 0.4) is 0 Å². The Morgan fingerprint density at radius 3 is 2.50 bits per heavy atom. The number of anilines is 2. The number of hydrogen-bond donors (Lipinski definition) is 1. The van der Waals surface area contributed by atoms with Crippen molar-refractivity contribution in [3.8, 4) is 11.5 Å². The number of benzene rings is 3. The first-order valence-electron chi connectivity index (χ1n) is 10.4. The van der Waals surface area contributed by atoms with Crippen molar-refractivity contribution in [2.24, 2.45) is 0 Å². The minimum Gasteiger partial charge on any atom is -0.493 e. The van der Waals surface area contributed by atoms with Crippen molar-refractivity contribution in [1.82, 2.24) is 0 Å². The third-order valence-corrected chi connectivity index (χ3v) is 6.29. The zero-order valence-electron chi connectivity index (χ0n) is 18.6. The summed E-state index contributed by atoms with van der Waals surface area (Å²) in [4.78, 5) is 27.2. The van der Waals surface area contributed by atoms with Gasteiger partial charge in [-0.3, -0.25) is 14.5 Å². The van der Waals surface area contributed by atoms with Gasteiger partial charge in [0.15, 0.2) is 22.4 Å². The van der Waals surface area contributed by atoms with Gasteiger partial charge in [0.2, 0.25) is 0 Å². The molecule has 1 N–H and O–H groups in total. The monoisotopic (exact) mass is 490 g/mol. The van der Waals surface area contributed by atoms with Gasteiger partial charge in [-0.15, -0.1) is 0 Å². The Kier molecular flexibility index (Phi) is 7.30. The quantitative estimate of drug-likeness (QED) is 0.352. The maximum atomic E-state index is 13.0. The maximum Gasteiger partial charge on any atom is 0.270 e. The Labute approximate surface area is 207 Å². The second-order valence-corrected chi connectivity index (χ2v) is 9.14. The number of para-hydroxylation sites is 1. The molecule has 0 aliphatic carbocycles.